The number of aliphatic hydroxyl groups is 1. The zero-order valence-electron chi connectivity index (χ0n) is 10.7. The van der Waals surface area contributed by atoms with Crippen LogP contribution in [0.5, 0.6) is 0 Å². The highest BCUT2D eigenvalue weighted by molar-refractivity contribution is 9.10. The Labute approximate surface area is 121 Å². The van der Waals surface area contributed by atoms with E-state index in [1.54, 1.807) is 12.1 Å². The number of halogens is 1. The Bertz CT molecular complexity index is 464. The van der Waals surface area contributed by atoms with Gasteiger partial charge in [-0.05, 0) is 37.1 Å². The molecule has 0 aromatic heterocycles. The van der Waals surface area contributed by atoms with Crippen LogP contribution in [0, 0.1) is 0 Å². The molecular weight excluding hydrogens is 310 g/mol. The van der Waals surface area contributed by atoms with E-state index in [-0.39, 0.29) is 18.2 Å². The van der Waals surface area contributed by atoms with Crippen molar-refractivity contribution in [2.24, 2.45) is 0 Å². The first kappa shape index (κ1) is 14.5. The maximum atomic E-state index is 10.9. The SMILES string of the molecule is O=C(O)c1ccc(CN2CCCCC2CO)c(Br)c1. The fourth-order valence-electron chi connectivity index (χ4n) is 2.50. The summed E-state index contributed by atoms with van der Waals surface area (Å²) in [6.07, 6.45) is 3.35. The molecule has 1 unspecified atom stereocenters. The molecule has 1 aromatic rings. The second-order valence-electron chi connectivity index (χ2n) is 4.91. The van der Waals surface area contributed by atoms with Crippen LogP contribution < -0.4 is 0 Å². The van der Waals surface area contributed by atoms with Gasteiger partial charge in [-0.15, -0.1) is 0 Å². The minimum absolute atomic E-state index is 0.185. The van der Waals surface area contributed by atoms with E-state index in [1.165, 1.54) is 6.42 Å². The van der Waals surface area contributed by atoms with Crippen LogP contribution in [0.2, 0.25) is 0 Å². The number of carboxylic acids is 1. The predicted octanol–water partition coefficient (Wildman–Crippen LogP) is 2.49. The Kier molecular flexibility index (Phi) is 4.96. The minimum atomic E-state index is -0.918. The zero-order chi connectivity index (χ0) is 13.8. The normalized spacial score (nSPS) is 20.4. The number of nitrogens with zero attached hydrogens (tertiary/aromatic N) is 1. The minimum Gasteiger partial charge on any atom is -0.478 e. The summed E-state index contributed by atoms with van der Waals surface area (Å²) in [5.41, 5.74) is 1.35. The van der Waals surface area contributed by atoms with Crippen LogP contribution in [-0.2, 0) is 6.54 Å². The maximum Gasteiger partial charge on any atom is 0.335 e. The lowest BCUT2D eigenvalue weighted by Crippen LogP contribution is -2.41. The van der Waals surface area contributed by atoms with Gasteiger partial charge in [-0.25, -0.2) is 4.79 Å². The van der Waals surface area contributed by atoms with Crippen molar-refractivity contribution in [1.29, 1.82) is 0 Å². The van der Waals surface area contributed by atoms with E-state index in [0.29, 0.717) is 0 Å². The molecule has 2 N–H and O–H groups in total. The summed E-state index contributed by atoms with van der Waals surface area (Å²) >= 11 is 3.43. The molecule has 1 fully saturated rings. The molecule has 5 heteroatoms. The van der Waals surface area contributed by atoms with E-state index in [1.807, 2.05) is 6.07 Å². The van der Waals surface area contributed by atoms with Crippen molar-refractivity contribution >= 4 is 21.9 Å². The summed E-state index contributed by atoms with van der Waals surface area (Å²) < 4.78 is 0.815. The highest BCUT2D eigenvalue weighted by Crippen LogP contribution is 2.24. The van der Waals surface area contributed by atoms with Gasteiger partial charge in [0.05, 0.1) is 12.2 Å². The van der Waals surface area contributed by atoms with Crippen molar-refractivity contribution in [3.8, 4) is 0 Å². The Morgan fingerprint density at radius 1 is 1.42 bits per heavy atom. The number of carbonyl (C=O) groups is 1. The molecule has 104 valence electrons. The summed E-state index contributed by atoms with van der Waals surface area (Å²) in [5, 5.41) is 18.3. The first-order valence-corrected chi connectivity index (χ1v) is 7.27. The van der Waals surface area contributed by atoms with Crippen molar-refractivity contribution in [2.75, 3.05) is 13.2 Å². The third-order valence-electron chi connectivity index (χ3n) is 3.63. The van der Waals surface area contributed by atoms with Crippen LogP contribution in [0.25, 0.3) is 0 Å². The second-order valence-corrected chi connectivity index (χ2v) is 5.77. The average molecular weight is 328 g/mol. The van der Waals surface area contributed by atoms with Crippen molar-refractivity contribution in [1.82, 2.24) is 4.90 Å². The Hall–Kier alpha value is -0.910. The van der Waals surface area contributed by atoms with Gasteiger partial charge in [-0.1, -0.05) is 28.4 Å². The van der Waals surface area contributed by atoms with Crippen LogP contribution in [-0.4, -0.2) is 40.3 Å². The van der Waals surface area contributed by atoms with E-state index in [2.05, 4.69) is 20.8 Å². The van der Waals surface area contributed by atoms with Crippen molar-refractivity contribution in [2.45, 2.75) is 31.8 Å². The largest absolute Gasteiger partial charge is 0.478 e. The molecule has 4 nitrogen and oxygen atoms in total. The molecule has 1 atom stereocenters. The predicted molar refractivity (Wildman–Crippen MR) is 76.2 cm³/mol. The number of piperidine rings is 1. The molecule has 0 saturated carbocycles. The second kappa shape index (κ2) is 6.50. The van der Waals surface area contributed by atoms with Crippen LogP contribution in [0.3, 0.4) is 0 Å². The Balaban J connectivity index is 2.11. The third-order valence-corrected chi connectivity index (χ3v) is 4.37. The van der Waals surface area contributed by atoms with E-state index in [4.69, 9.17) is 5.11 Å². The zero-order valence-corrected chi connectivity index (χ0v) is 12.3. The molecule has 1 aromatic carbocycles. The standard InChI is InChI=1S/C14H18BrNO3/c15-13-7-10(14(18)19)4-5-11(13)8-16-6-2-1-3-12(16)9-17/h4-5,7,12,17H,1-3,6,8-9H2,(H,18,19). The van der Waals surface area contributed by atoms with Gasteiger partial charge in [0.1, 0.15) is 0 Å². The summed E-state index contributed by atoms with van der Waals surface area (Å²) in [5.74, 6) is -0.918. The van der Waals surface area contributed by atoms with Crippen LogP contribution in [0.15, 0.2) is 22.7 Å². The highest BCUT2D eigenvalue weighted by Gasteiger charge is 2.22. The van der Waals surface area contributed by atoms with E-state index in [0.717, 1.165) is 36.0 Å². The number of hydrogen-bond donors (Lipinski definition) is 2. The summed E-state index contributed by atoms with van der Waals surface area (Å²) in [4.78, 5) is 13.2. The molecule has 2 rings (SSSR count). The first-order chi connectivity index (χ1) is 9.11. The molecule has 0 spiro atoms. The molecule has 1 aliphatic rings. The number of likely N-dealkylation sites (tertiary alicyclic amines) is 1. The van der Waals surface area contributed by atoms with Gasteiger partial charge in [0.25, 0.3) is 0 Å². The van der Waals surface area contributed by atoms with Gasteiger partial charge in [0, 0.05) is 17.1 Å². The number of hydrogen-bond acceptors (Lipinski definition) is 3. The van der Waals surface area contributed by atoms with Gasteiger partial charge in [-0.2, -0.15) is 0 Å². The number of benzene rings is 1. The topological polar surface area (TPSA) is 60.8 Å². The first-order valence-electron chi connectivity index (χ1n) is 6.48. The van der Waals surface area contributed by atoms with Crippen molar-refractivity contribution in [3.63, 3.8) is 0 Å². The molecule has 0 bridgehead atoms. The van der Waals surface area contributed by atoms with Gasteiger partial charge < -0.3 is 10.2 Å². The van der Waals surface area contributed by atoms with Crippen molar-refractivity contribution < 1.29 is 15.0 Å². The van der Waals surface area contributed by atoms with Gasteiger partial charge in [0.2, 0.25) is 0 Å². The Morgan fingerprint density at radius 3 is 2.84 bits per heavy atom. The molecule has 1 aliphatic heterocycles. The molecule has 1 saturated heterocycles. The van der Waals surface area contributed by atoms with Crippen LogP contribution in [0.4, 0.5) is 0 Å². The fourth-order valence-corrected chi connectivity index (χ4v) is 3.01. The molecule has 1 heterocycles. The number of aliphatic hydroxyl groups excluding tert-OH is 1. The van der Waals surface area contributed by atoms with E-state index in [9.17, 15) is 9.90 Å². The molecule has 19 heavy (non-hydrogen) atoms. The summed E-state index contributed by atoms with van der Waals surface area (Å²) in [7, 11) is 0. The van der Waals surface area contributed by atoms with Gasteiger partial charge >= 0.3 is 5.97 Å². The third kappa shape index (κ3) is 3.55. The highest BCUT2D eigenvalue weighted by atomic mass is 79.9. The van der Waals surface area contributed by atoms with E-state index < -0.39 is 5.97 Å². The van der Waals surface area contributed by atoms with Crippen LogP contribution >= 0.6 is 15.9 Å². The molecule has 0 radical (unpaired) electrons. The lowest BCUT2D eigenvalue weighted by molar-refractivity contribution is 0.0696. The number of rotatable bonds is 4. The van der Waals surface area contributed by atoms with Crippen molar-refractivity contribution in [3.05, 3.63) is 33.8 Å². The van der Waals surface area contributed by atoms with Crippen LogP contribution in [0.1, 0.15) is 35.2 Å². The molecule has 0 amide bonds. The number of carboxylic acid groups (broad SMARTS) is 1. The average Bonchev–Trinajstić information content (AvgIpc) is 2.41. The smallest absolute Gasteiger partial charge is 0.335 e. The lowest BCUT2D eigenvalue weighted by atomic mass is 10.0. The molecular formula is C14H18BrNO3. The quantitative estimate of drug-likeness (QED) is 0.892. The Morgan fingerprint density at radius 2 is 2.21 bits per heavy atom. The van der Waals surface area contributed by atoms with Gasteiger partial charge in [-0.3, -0.25) is 4.90 Å². The summed E-state index contributed by atoms with van der Waals surface area (Å²) in [6.45, 7) is 1.91. The maximum absolute atomic E-state index is 10.9. The molecule has 0 aliphatic carbocycles. The number of aromatic carboxylic acids is 1. The summed E-state index contributed by atoms with van der Waals surface area (Å²) in [6, 6.07) is 5.33. The lowest BCUT2D eigenvalue weighted by Gasteiger charge is -2.34. The van der Waals surface area contributed by atoms with Gasteiger partial charge in [0.15, 0.2) is 0 Å². The monoisotopic (exact) mass is 327 g/mol. The fraction of sp³-hybridized carbons (Fsp3) is 0.500. The van der Waals surface area contributed by atoms with E-state index >= 15 is 0 Å².